The van der Waals surface area contributed by atoms with Crippen LogP contribution in [-0.4, -0.2) is 22.9 Å². The summed E-state index contributed by atoms with van der Waals surface area (Å²) in [5, 5.41) is 22.3. The van der Waals surface area contributed by atoms with E-state index in [1.165, 1.54) is 18.4 Å². The number of hydrogen-bond acceptors (Lipinski definition) is 3. The maximum Gasteiger partial charge on any atom is 0.0681 e. The Labute approximate surface area is 115 Å². The van der Waals surface area contributed by atoms with Crippen LogP contribution in [0.4, 0.5) is 0 Å². The molecule has 1 saturated carbocycles. The molecule has 3 heteroatoms. The fraction of sp³-hybridized carbons (Fsp3) is 0.625. The Morgan fingerprint density at radius 2 is 2.05 bits per heavy atom. The van der Waals surface area contributed by atoms with Crippen LogP contribution in [0.25, 0.3) is 0 Å². The SMILES string of the molecule is CC(NC1CCCCC1CO)c1cccc(CO)c1. The Hall–Kier alpha value is -0.900. The molecule has 1 aromatic rings. The van der Waals surface area contributed by atoms with Crippen molar-refractivity contribution in [1.29, 1.82) is 0 Å². The summed E-state index contributed by atoms with van der Waals surface area (Å²) in [6.07, 6.45) is 4.75. The van der Waals surface area contributed by atoms with Crippen molar-refractivity contribution in [2.75, 3.05) is 6.61 Å². The monoisotopic (exact) mass is 263 g/mol. The van der Waals surface area contributed by atoms with Gasteiger partial charge in [0.25, 0.3) is 0 Å². The summed E-state index contributed by atoms with van der Waals surface area (Å²) in [4.78, 5) is 0. The van der Waals surface area contributed by atoms with Crippen LogP contribution in [0, 0.1) is 5.92 Å². The first-order valence-corrected chi connectivity index (χ1v) is 7.31. The van der Waals surface area contributed by atoms with Crippen molar-refractivity contribution >= 4 is 0 Å². The molecule has 3 atom stereocenters. The highest BCUT2D eigenvalue weighted by Crippen LogP contribution is 2.26. The van der Waals surface area contributed by atoms with Gasteiger partial charge in [-0.1, -0.05) is 37.1 Å². The first-order valence-electron chi connectivity index (χ1n) is 7.31. The molecule has 0 bridgehead atoms. The van der Waals surface area contributed by atoms with Crippen LogP contribution in [0.5, 0.6) is 0 Å². The summed E-state index contributed by atoms with van der Waals surface area (Å²) in [7, 11) is 0. The molecule has 0 amide bonds. The lowest BCUT2D eigenvalue weighted by atomic mass is 9.84. The summed E-state index contributed by atoms with van der Waals surface area (Å²) in [5.74, 6) is 0.386. The lowest BCUT2D eigenvalue weighted by Gasteiger charge is -2.33. The number of aliphatic hydroxyl groups excluding tert-OH is 2. The average Bonchev–Trinajstić information content (AvgIpc) is 2.47. The Balaban J connectivity index is 2.00. The molecule has 0 spiro atoms. The largest absolute Gasteiger partial charge is 0.396 e. The van der Waals surface area contributed by atoms with Crippen molar-refractivity contribution in [3.05, 3.63) is 35.4 Å². The number of benzene rings is 1. The van der Waals surface area contributed by atoms with Crippen LogP contribution in [0.3, 0.4) is 0 Å². The lowest BCUT2D eigenvalue weighted by molar-refractivity contribution is 0.147. The van der Waals surface area contributed by atoms with Crippen molar-refractivity contribution in [3.63, 3.8) is 0 Å². The normalized spacial score (nSPS) is 25.2. The van der Waals surface area contributed by atoms with Gasteiger partial charge < -0.3 is 15.5 Å². The third-order valence-electron chi connectivity index (χ3n) is 4.24. The molecule has 3 N–H and O–H groups in total. The second-order valence-corrected chi connectivity index (χ2v) is 5.63. The third kappa shape index (κ3) is 3.78. The van der Waals surface area contributed by atoms with Crippen molar-refractivity contribution in [2.24, 2.45) is 5.92 Å². The maximum atomic E-state index is 9.45. The van der Waals surface area contributed by atoms with Crippen LogP contribution in [-0.2, 0) is 6.61 Å². The van der Waals surface area contributed by atoms with Gasteiger partial charge in [-0.25, -0.2) is 0 Å². The Morgan fingerprint density at radius 1 is 1.26 bits per heavy atom. The molecular formula is C16H25NO2. The minimum Gasteiger partial charge on any atom is -0.396 e. The van der Waals surface area contributed by atoms with Crippen molar-refractivity contribution < 1.29 is 10.2 Å². The topological polar surface area (TPSA) is 52.5 Å². The van der Waals surface area contributed by atoms with E-state index in [-0.39, 0.29) is 19.3 Å². The third-order valence-corrected chi connectivity index (χ3v) is 4.24. The average molecular weight is 263 g/mol. The van der Waals surface area contributed by atoms with Gasteiger partial charge in [-0.05, 0) is 36.8 Å². The molecule has 0 heterocycles. The van der Waals surface area contributed by atoms with E-state index >= 15 is 0 Å². The molecule has 0 saturated heterocycles. The molecule has 0 aromatic heterocycles. The summed E-state index contributed by atoms with van der Waals surface area (Å²) in [6, 6.07) is 8.73. The molecule has 0 aliphatic heterocycles. The van der Waals surface area contributed by atoms with Gasteiger partial charge in [0.15, 0.2) is 0 Å². The predicted molar refractivity (Wildman–Crippen MR) is 76.7 cm³/mol. The number of hydrogen-bond donors (Lipinski definition) is 3. The van der Waals surface area contributed by atoms with Crippen LogP contribution in [0.2, 0.25) is 0 Å². The zero-order valence-corrected chi connectivity index (χ0v) is 11.7. The van der Waals surface area contributed by atoms with Gasteiger partial charge in [-0.15, -0.1) is 0 Å². The van der Waals surface area contributed by atoms with Gasteiger partial charge in [0.2, 0.25) is 0 Å². The summed E-state index contributed by atoms with van der Waals surface area (Å²) in [6.45, 7) is 2.52. The molecule has 1 aliphatic rings. The summed E-state index contributed by atoms with van der Waals surface area (Å²) < 4.78 is 0. The first-order chi connectivity index (χ1) is 9.24. The van der Waals surface area contributed by atoms with E-state index in [1.54, 1.807) is 0 Å². The maximum absolute atomic E-state index is 9.45. The van der Waals surface area contributed by atoms with E-state index in [1.807, 2.05) is 12.1 Å². The van der Waals surface area contributed by atoms with Gasteiger partial charge in [0.1, 0.15) is 0 Å². The predicted octanol–water partition coefficient (Wildman–Crippen LogP) is 2.38. The number of aliphatic hydroxyl groups is 2. The fourth-order valence-corrected chi connectivity index (χ4v) is 3.02. The Morgan fingerprint density at radius 3 is 2.79 bits per heavy atom. The van der Waals surface area contributed by atoms with Gasteiger partial charge >= 0.3 is 0 Å². The molecule has 0 radical (unpaired) electrons. The number of rotatable bonds is 5. The van der Waals surface area contributed by atoms with Crippen molar-refractivity contribution in [1.82, 2.24) is 5.32 Å². The highest BCUT2D eigenvalue weighted by atomic mass is 16.3. The molecule has 19 heavy (non-hydrogen) atoms. The van der Waals surface area contributed by atoms with Crippen LogP contribution < -0.4 is 5.32 Å². The van der Waals surface area contributed by atoms with E-state index in [0.29, 0.717) is 12.0 Å². The second-order valence-electron chi connectivity index (χ2n) is 5.63. The molecule has 1 aromatic carbocycles. The van der Waals surface area contributed by atoms with Crippen LogP contribution in [0.15, 0.2) is 24.3 Å². The van der Waals surface area contributed by atoms with Crippen LogP contribution in [0.1, 0.15) is 49.8 Å². The minimum atomic E-state index is 0.0866. The van der Waals surface area contributed by atoms with Gasteiger partial charge in [0, 0.05) is 18.7 Å². The van der Waals surface area contributed by atoms with Gasteiger partial charge in [0.05, 0.1) is 6.61 Å². The number of nitrogens with one attached hydrogen (secondary N) is 1. The molecule has 106 valence electrons. The fourth-order valence-electron chi connectivity index (χ4n) is 3.02. The molecule has 2 rings (SSSR count). The smallest absolute Gasteiger partial charge is 0.0681 e. The highest BCUT2D eigenvalue weighted by Gasteiger charge is 2.25. The second kappa shape index (κ2) is 7.04. The van der Waals surface area contributed by atoms with Crippen molar-refractivity contribution in [2.45, 2.75) is 51.3 Å². The highest BCUT2D eigenvalue weighted by molar-refractivity contribution is 5.25. The van der Waals surface area contributed by atoms with E-state index in [2.05, 4.69) is 24.4 Å². The molecule has 3 unspecified atom stereocenters. The van der Waals surface area contributed by atoms with Gasteiger partial charge in [-0.2, -0.15) is 0 Å². The summed E-state index contributed by atoms with van der Waals surface area (Å²) >= 11 is 0. The molecule has 1 fully saturated rings. The Bertz CT molecular complexity index is 394. The van der Waals surface area contributed by atoms with E-state index in [0.717, 1.165) is 18.4 Å². The standard InChI is InChI=1S/C16H25NO2/c1-12(14-7-4-5-13(9-14)10-18)17-16-8-3-2-6-15(16)11-19/h4-5,7,9,12,15-19H,2-3,6,8,10-11H2,1H3. The lowest BCUT2D eigenvalue weighted by Crippen LogP contribution is -2.41. The zero-order valence-electron chi connectivity index (χ0n) is 11.7. The van der Waals surface area contributed by atoms with Crippen molar-refractivity contribution in [3.8, 4) is 0 Å². The summed E-state index contributed by atoms with van der Waals surface area (Å²) in [5.41, 5.74) is 2.15. The minimum absolute atomic E-state index is 0.0866. The molecular weight excluding hydrogens is 238 g/mol. The van der Waals surface area contributed by atoms with E-state index in [4.69, 9.17) is 0 Å². The van der Waals surface area contributed by atoms with Gasteiger partial charge in [-0.3, -0.25) is 0 Å². The quantitative estimate of drug-likeness (QED) is 0.764. The van der Waals surface area contributed by atoms with E-state index < -0.39 is 0 Å². The first kappa shape index (κ1) is 14.5. The zero-order chi connectivity index (χ0) is 13.7. The molecule has 3 nitrogen and oxygen atoms in total. The van der Waals surface area contributed by atoms with Crippen LogP contribution >= 0.6 is 0 Å². The van der Waals surface area contributed by atoms with E-state index in [9.17, 15) is 10.2 Å². The Kier molecular flexibility index (Phi) is 5.37. The molecule has 1 aliphatic carbocycles.